The van der Waals surface area contributed by atoms with Gasteiger partial charge in [-0.05, 0) is 42.0 Å². The summed E-state index contributed by atoms with van der Waals surface area (Å²) in [6.07, 6.45) is 1.82. The van der Waals surface area contributed by atoms with Crippen LogP contribution in [0.5, 0.6) is 5.75 Å². The Morgan fingerprint density at radius 3 is 2.43 bits per heavy atom. The van der Waals surface area contributed by atoms with Crippen LogP contribution in [0.3, 0.4) is 0 Å². The first-order valence-corrected chi connectivity index (χ1v) is 10.5. The normalized spacial score (nSPS) is 10.5. The molecule has 0 heterocycles. The molecular formula is C23H22N2O4S. The van der Waals surface area contributed by atoms with Crippen LogP contribution in [-0.2, 0) is 6.54 Å². The first-order valence-electron chi connectivity index (χ1n) is 9.27. The molecule has 3 rings (SSSR count). The third kappa shape index (κ3) is 4.80. The number of rotatable bonds is 7. The summed E-state index contributed by atoms with van der Waals surface area (Å²) in [5.41, 5.74) is 3.95. The molecule has 7 heteroatoms. The fourth-order valence-electron chi connectivity index (χ4n) is 3.16. The van der Waals surface area contributed by atoms with E-state index in [1.807, 2.05) is 55.6 Å². The molecule has 0 unspecified atom stereocenters. The maximum absolute atomic E-state index is 12.7. The SMILES string of the molecule is COc1cc([N+](=O)[O-])c(C(=O)NCc2cccc(-c3cccc(C)c3)c2)cc1SC. The molecule has 0 spiro atoms. The van der Waals surface area contributed by atoms with Gasteiger partial charge in [0, 0.05) is 6.54 Å². The summed E-state index contributed by atoms with van der Waals surface area (Å²) in [6, 6.07) is 18.8. The molecule has 0 aliphatic rings. The molecule has 154 valence electrons. The fourth-order valence-corrected chi connectivity index (χ4v) is 3.74. The maximum atomic E-state index is 12.7. The van der Waals surface area contributed by atoms with Gasteiger partial charge >= 0.3 is 0 Å². The van der Waals surface area contributed by atoms with Crippen LogP contribution in [0.2, 0.25) is 0 Å². The van der Waals surface area contributed by atoms with Crippen molar-refractivity contribution >= 4 is 23.4 Å². The van der Waals surface area contributed by atoms with E-state index in [4.69, 9.17) is 4.74 Å². The molecule has 1 N–H and O–H groups in total. The lowest BCUT2D eigenvalue weighted by molar-refractivity contribution is -0.385. The highest BCUT2D eigenvalue weighted by Gasteiger charge is 2.23. The van der Waals surface area contributed by atoms with E-state index in [-0.39, 0.29) is 17.8 Å². The van der Waals surface area contributed by atoms with Crippen molar-refractivity contribution in [3.63, 3.8) is 0 Å². The van der Waals surface area contributed by atoms with Crippen LogP contribution >= 0.6 is 11.8 Å². The molecule has 0 radical (unpaired) electrons. The van der Waals surface area contributed by atoms with Crippen molar-refractivity contribution in [3.8, 4) is 16.9 Å². The fraction of sp³-hybridized carbons (Fsp3) is 0.174. The molecule has 1 amide bonds. The monoisotopic (exact) mass is 422 g/mol. The van der Waals surface area contributed by atoms with Crippen LogP contribution in [-0.4, -0.2) is 24.2 Å². The van der Waals surface area contributed by atoms with E-state index >= 15 is 0 Å². The van der Waals surface area contributed by atoms with Crippen LogP contribution in [0, 0.1) is 17.0 Å². The predicted octanol–water partition coefficient (Wildman–Crippen LogP) is 5.23. The molecule has 0 fully saturated rings. The highest BCUT2D eigenvalue weighted by Crippen LogP contribution is 2.34. The number of ether oxygens (including phenoxy) is 1. The summed E-state index contributed by atoms with van der Waals surface area (Å²) in [7, 11) is 1.44. The van der Waals surface area contributed by atoms with E-state index in [0.717, 1.165) is 16.7 Å². The molecule has 6 nitrogen and oxygen atoms in total. The zero-order chi connectivity index (χ0) is 21.7. The number of nitro groups is 1. The Balaban J connectivity index is 1.82. The number of aryl methyl sites for hydroxylation is 1. The van der Waals surface area contributed by atoms with E-state index in [2.05, 4.69) is 11.4 Å². The van der Waals surface area contributed by atoms with Gasteiger partial charge in [-0.3, -0.25) is 14.9 Å². The van der Waals surface area contributed by atoms with Crippen molar-refractivity contribution in [1.29, 1.82) is 0 Å². The Bertz CT molecular complexity index is 1100. The van der Waals surface area contributed by atoms with Gasteiger partial charge in [-0.1, -0.05) is 48.0 Å². The highest BCUT2D eigenvalue weighted by molar-refractivity contribution is 7.98. The number of methoxy groups -OCH3 is 1. The molecule has 30 heavy (non-hydrogen) atoms. The smallest absolute Gasteiger partial charge is 0.285 e. The van der Waals surface area contributed by atoms with Gasteiger partial charge in [-0.2, -0.15) is 0 Å². The second-order valence-corrected chi connectivity index (χ2v) is 7.58. The van der Waals surface area contributed by atoms with Gasteiger partial charge in [0.2, 0.25) is 0 Å². The quantitative estimate of drug-likeness (QED) is 0.320. The average molecular weight is 423 g/mol. The molecule has 3 aromatic carbocycles. The van der Waals surface area contributed by atoms with Gasteiger partial charge in [0.05, 0.1) is 23.0 Å². The minimum absolute atomic E-state index is 0.0139. The zero-order valence-corrected chi connectivity index (χ0v) is 17.8. The topological polar surface area (TPSA) is 81.5 Å². The standard InChI is InChI=1S/C23H22N2O4S/c1-15-6-4-8-17(10-15)18-9-5-7-16(11-18)14-24-23(26)19-12-22(30-3)21(29-2)13-20(19)25(27)28/h4-13H,14H2,1-3H3,(H,24,26). The maximum Gasteiger partial charge on any atom is 0.285 e. The summed E-state index contributed by atoms with van der Waals surface area (Å²) in [5, 5.41) is 14.3. The van der Waals surface area contributed by atoms with Crippen LogP contribution in [0.1, 0.15) is 21.5 Å². The van der Waals surface area contributed by atoms with Crippen LogP contribution in [0.25, 0.3) is 11.1 Å². The molecule has 0 atom stereocenters. The number of nitrogens with one attached hydrogen (secondary N) is 1. The minimum atomic E-state index is -0.570. The van der Waals surface area contributed by atoms with Crippen LogP contribution in [0.4, 0.5) is 5.69 Å². The number of carbonyl (C=O) groups excluding carboxylic acids is 1. The number of hydrogen-bond acceptors (Lipinski definition) is 5. The Hall–Kier alpha value is -3.32. The van der Waals surface area contributed by atoms with E-state index in [9.17, 15) is 14.9 Å². The molecule has 0 aliphatic carbocycles. The van der Waals surface area contributed by atoms with Gasteiger partial charge < -0.3 is 10.1 Å². The number of carbonyl (C=O) groups is 1. The van der Waals surface area contributed by atoms with Crippen molar-refractivity contribution in [2.75, 3.05) is 13.4 Å². The number of thioether (sulfide) groups is 1. The molecule has 0 saturated carbocycles. The number of nitro benzene ring substituents is 1. The zero-order valence-electron chi connectivity index (χ0n) is 17.0. The summed E-state index contributed by atoms with van der Waals surface area (Å²) in [6.45, 7) is 2.30. The lowest BCUT2D eigenvalue weighted by atomic mass is 10.0. The van der Waals surface area contributed by atoms with Crippen molar-refractivity contribution in [2.24, 2.45) is 0 Å². The van der Waals surface area contributed by atoms with Crippen LogP contribution < -0.4 is 10.1 Å². The van der Waals surface area contributed by atoms with Gasteiger partial charge in [0.15, 0.2) is 0 Å². The first-order chi connectivity index (χ1) is 14.4. The van der Waals surface area contributed by atoms with Gasteiger partial charge in [-0.15, -0.1) is 11.8 Å². The second-order valence-electron chi connectivity index (χ2n) is 6.73. The number of nitrogens with zero attached hydrogens (tertiary/aromatic N) is 1. The molecule has 0 bridgehead atoms. The van der Waals surface area contributed by atoms with Crippen molar-refractivity contribution in [3.05, 3.63) is 87.5 Å². The number of amides is 1. The Kier molecular flexibility index (Phi) is 6.74. The number of hydrogen-bond donors (Lipinski definition) is 1. The third-order valence-corrected chi connectivity index (χ3v) is 5.43. The number of benzene rings is 3. The van der Waals surface area contributed by atoms with Gasteiger partial charge in [0.25, 0.3) is 11.6 Å². The van der Waals surface area contributed by atoms with Gasteiger partial charge in [-0.25, -0.2) is 0 Å². The van der Waals surface area contributed by atoms with E-state index in [1.165, 1.54) is 36.6 Å². The van der Waals surface area contributed by atoms with Gasteiger partial charge in [0.1, 0.15) is 11.3 Å². The van der Waals surface area contributed by atoms with Crippen molar-refractivity contribution in [2.45, 2.75) is 18.4 Å². The van der Waals surface area contributed by atoms with E-state index in [0.29, 0.717) is 10.6 Å². The van der Waals surface area contributed by atoms with E-state index < -0.39 is 10.8 Å². The largest absolute Gasteiger partial charge is 0.495 e. The highest BCUT2D eigenvalue weighted by atomic mass is 32.2. The average Bonchev–Trinajstić information content (AvgIpc) is 2.76. The summed E-state index contributed by atoms with van der Waals surface area (Å²) in [5.74, 6) is -0.128. The summed E-state index contributed by atoms with van der Waals surface area (Å²) >= 11 is 1.36. The molecule has 3 aromatic rings. The third-order valence-electron chi connectivity index (χ3n) is 4.67. The molecule has 0 aromatic heterocycles. The predicted molar refractivity (Wildman–Crippen MR) is 119 cm³/mol. The van der Waals surface area contributed by atoms with Crippen LogP contribution in [0.15, 0.2) is 65.6 Å². The van der Waals surface area contributed by atoms with E-state index in [1.54, 1.807) is 0 Å². The minimum Gasteiger partial charge on any atom is -0.495 e. The Morgan fingerprint density at radius 2 is 1.80 bits per heavy atom. The lowest BCUT2D eigenvalue weighted by Crippen LogP contribution is -2.24. The lowest BCUT2D eigenvalue weighted by Gasteiger charge is -2.11. The Labute approximate surface area is 179 Å². The summed E-state index contributed by atoms with van der Waals surface area (Å²) < 4.78 is 5.20. The molecule has 0 saturated heterocycles. The summed E-state index contributed by atoms with van der Waals surface area (Å²) in [4.78, 5) is 24.3. The Morgan fingerprint density at radius 1 is 1.10 bits per heavy atom. The van der Waals surface area contributed by atoms with Crippen molar-refractivity contribution in [1.82, 2.24) is 5.32 Å². The molecule has 0 aliphatic heterocycles. The first kappa shape index (κ1) is 21.4. The van der Waals surface area contributed by atoms with Crippen molar-refractivity contribution < 1.29 is 14.5 Å². The molecular weight excluding hydrogens is 400 g/mol. The second kappa shape index (κ2) is 9.45.